The zero-order valence-corrected chi connectivity index (χ0v) is 26.2. The summed E-state index contributed by atoms with van der Waals surface area (Å²) in [5, 5.41) is 31.7. The Morgan fingerprint density at radius 1 is 0.846 bits per heavy atom. The van der Waals surface area contributed by atoms with Crippen molar-refractivity contribution in [2.24, 2.45) is 62.6 Å². The number of aliphatic hydroxyl groups is 3. The van der Waals surface area contributed by atoms with Crippen molar-refractivity contribution < 1.29 is 24.9 Å². The SMILES string of the molecule is C[C@@H]1[C@H]2[C@H]3CC[C@@H]4[C@]5(C)[C@@H](CC[C@@]4(C)[C@]3(C)CC[C@@]2(C)CC[C@H]1C)C(C)(C)CCC5(O)C(=O)OCC(O)CO. The Bertz CT molecular complexity index is 963. The highest BCUT2D eigenvalue weighted by atomic mass is 16.6. The first kappa shape index (κ1) is 29.8. The maximum absolute atomic E-state index is 13.8. The molecule has 0 radical (unpaired) electrons. The summed E-state index contributed by atoms with van der Waals surface area (Å²) >= 11 is 0. The van der Waals surface area contributed by atoms with Gasteiger partial charge < -0.3 is 20.1 Å². The lowest BCUT2D eigenvalue weighted by molar-refractivity contribution is -0.292. The third-order valence-corrected chi connectivity index (χ3v) is 15.1. The van der Waals surface area contributed by atoms with E-state index in [9.17, 15) is 20.1 Å². The van der Waals surface area contributed by atoms with Crippen molar-refractivity contribution in [3.05, 3.63) is 0 Å². The molecule has 0 amide bonds. The molecular weight excluding hydrogens is 488 g/mol. The average molecular weight is 547 g/mol. The van der Waals surface area contributed by atoms with Gasteiger partial charge in [-0.2, -0.15) is 0 Å². The van der Waals surface area contributed by atoms with Crippen molar-refractivity contribution in [2.75, 3.05) is 13.2 Å². The topological polar surface area (TPSA) is 87.0 Å². The van der Waals surface area contributed by atoms with Gasteiger partial charge >= 0.3 is 5.97 Å². The minimum Gasteiger partial charge on any atom is -0.461 e. The molecule has 0 aromatic rings. The number of carbonyl (C=O) groups is 1. The summed E-state index contributed by atoms with van der Waals surface area (Å²) in [5.41, 5.74) is -1.51. The minimum atomic E-state index is -1.59. The Hall–Kier alpha value is -0.650. The monoisotopic (exact) mass is 546 g/mol. The normalized spacial score (nSPS) is 53.4. The van der Waals surface area contributed by atoms with E-state index < -0.39 is 29.7 Å². The Morgan fingerprint density at radius 3 is 2.21 bits per heavy atom. The molecule has 5 heteroatoms. The third-order valence-electron chi connectivity index (χ3n) is 15.1. The molecule has 12 atom stereocenters. The van der Waals surface area contributed by atoms with Gasteiger partial charge in [-0.05, 0) is 121 Å². The second-order valence-electron chi connectivity index (χ2n) is 16.8. The van der Waals surface area contributed by atoms with Crippen molar-refractivity contribution in [1.29, 1.82) is 0 Å². The summed E-state index contributed by atoms with van der Waals surface area (Å²) < 4.78 is 5.57. The van der Waals surface area contributed by atoms with E-state index in [-0.39, 0.29) is 34.7 Å². The number of carbonyl (C=O) groups excluding carboxylic acids is 1. The van der Waals surface area contributed by atoms with E-state index in [4.69, 9.17) is 4.74 Å². The summed E-state index contributed by atoms with van der Waals surface area (Å²) in [6.45, 7) is 18.9. The molecule has 0 heterocycles. The molecule has 0 spiro atoms. The standard InChI is InChI=1S/C34H58O5/c1-21-11-13-30(5)16-17-31(6)24(27(30)22(21)2)9-10-26-32(31,7)14-12-25-29(3,4)15-18-34(38,33(25,26)8)28(37)39-20-23(36)19-35/h21-27,35-36,38H,9-20H2,1-8H3/t21-,22+,23?,24-,25+,26+,27+,30-,31-,32-,33+,34?/m1/s1. The third kappa shape index (κ3) is 3.90. The van der Waals surface area contributed by atoms with Crippen molar-refractivity contribution in [1.82, 2.24) is 0 Å². The van der Waals surface area contributed by atoms with Gasteiger partial charge in [0.15, 0.2) is 5.60 Å². The Balaban J connectivity index is 1.56. The van der Waals surface area contributed by atoms with Crippen LogP contribution in [-0.4, -0.2) is 46.2 Å². The van der Waals surface area contributed by atoms with Crippen molar-refractivity contribution in [3.8, 4) is 0 Å². The van der Waals surface area contributed by atoms with Gasteiger partial charge in [-0.1, -0.05) is 55.4 Å². The molecular formula is C34H58O5. The second kappa shape index (κ2) is 9.43. The first-order valence-corrected chi connectivity index (χ1v) is 16.2. The zero-order valence-electron chi connectivity index (χ0n) is 26.2. The van der Waals surface area contributed by atoms with Crippen molar-refractivity contribution >= 4 is 5.97 Å². The van der Waals surface area contributed by atoms with Gasteiger partial charge in [0.25, 0.3) is 0 Å². The average Bonchev–Trinajstić information content (AvgIpc) is 2.88. The van der Waals surface area contributed by atoms with Gasteiger partial charge in [0.2, 0.25) is 0 Å². The molecule has 0 saturated heterocycles. The molecule has 5 saturated carbocycles. The van der Waals surface area contributed by atoms with E-state index in [2.05, 4.69) is 55.4 Å². The number of ether oxygens (including phenoxy) is 1. The molecule has 39 heavy (non-hydrogen) atoms. The van der Waals surface area contributed by atoms with Crippen LogP contribution >= 0.6 is 0 Å². The van der Waals surface area contributed by atoms with E-state index in [1.165, 1.54) is 32.1 Å². The summed E-state index contributed by atoms with van der Waals surface area (Å²) in [5.74, 6) is 2.80. The van der Waals surface area contributed by atoms with Crippen LogP contribution in [0.3, 0.4) is 0 Å². The van der Waals surface area contributed by atoms with Crippen LogP contribution in [0.4, 0.5) is 0 Å². The lowest BCUT2D eigenvalue weighted by Gasteiger charge is -2.75. The smallest absolute Gasteiger partial charge is 0.338 e. The number of fused-ring (bicyclic) bond motifs is 7. The quantitative estimate of drug-likeness (QED) is 0.357. The van der Waals surface area contributed by atoms with E-state index in [0.717, 1.165) is 43.4 Å². The van der Waals surface area contributed by atoms with E-state index in [0.29, 0.717) is 17.8 Å². The summed E-state index contributed by atoms with van der Waals surface area (Å²) in [7, 11) is 0. The molecule has 5 nitrogen and oxygen atoms in total. The number of hydrogen-bond acceptors (Lipinski definition) is 5. The highest BCUT2D eigenvalue weighted by Gasteiger charge is 2.75. The molecule has 0 bridgehead atoms. The van der Waals surface area contributed by atoms with Crippen LogP contribution in [0.15, 0.2) is 0 Å². The molecule has 5 aliphatic rings. The lowest BCUT2D eigenvalue weighted by Crippen LogP contribution is -2.73. The molecule has 2 unspecified atom stereocenters. The van der Waals surface area contributed by atoms with Crippen LogP contribution in [-0.2, 0) is 9.53 Å². The first-order chi connectivity index (χ1) is 18.0. The molecule has 224 valence electrons. The molecule has 0 aromatic heterocycles. The molecule has 0 aliphatic heterocycles. The highest BCUT2D eigenvalue weighted by Crippen LogP contribution is 2.78. The van der Waals surface area contributed by atoms with Crippen LogP contribution in [0.2, 0.25) is 0 Å². The summed E-state index contributed by atoms with van der Waals surface area (Å²) in [6, 6.07) is 0. The van der Waals surface area contributed by atoms with Crippen LogP contribution < -0.4 is 0 Å². The summed E-state index contributed by atoms with van der Waals surface area (Å²) in [4.78, 5) is 13.8. The van der Waals surface area contributed by atoms with Gasteiger partial charge in [0.05, 0.1) is 6.61 Å². The van der Waals surface area contributed by atoms with Crippen LogP contribution in [0, 0.1) is 62.6 Å². The number of aliphatic hydroxyl groups excluding tert-OH is 2. The predicted octanol–water partition coefficient (Wildman–Crippen LogP) is 6.37. The fourth-order valence-electron chi connectivity index (χ4n) is 12.3. The van der Waals surface area contributed by atoms with Crippen LogP contribution in [0.1, 0.15) is 120 Å². The fraction of sp³-hybridized carbons (Fsp3) is 0.971. The zero-order chi connectivity index (χ0) is 28.8. The first-order valence-electron chi connectivity index (χ1n) is 16.2. The maximum atomic E-state index is 13.8. The molecule has 5 aliphatic carbocycles. The largest absolute Gasteiger partial charge is 0.461 e. The molecule has 3 N–H and O–H groups in total. The van der Waals surface area contributed by atoms with Crippen molar-refractivity contribution in [3.63, 3.8) is 0 Å². The molecule has 5 rings (SSSR count). The van der Waals surface area contributed by atoms with Gasteiger partial charge in [0.1, 0.15) is 12.7 Å². The van der Waals surface area contributed by atoms with Gasteiger partial charge in [-0.25, -0.2) is 4.79 Å². The predicted molar refractivity (Wildman–Crippen MR) is 154 cm³/mol. The second-order valence-corrected chi connectivity index (χ2v) is 16.8. The van der Waals surface area contributed by atoms with Gasteiger partial charge in [-0.3, -0.25) is 0 Å². The van der Waals surface area contributed by atoms with E-state index >= 15 is 0 Å². The van der Waals surface area contributed by atoms with Crippen LogP contribution in [0.25, 0.3) is 0 Å². The lowest BCUT2D eigenvalue weighted by atomic mass is 9.30. The number of rotatable bonds is 4. The maximum Gasteiger partial charge on any atom is 0.338 e. The Morgan fingerprint density at radius 2 is 1.54 bits per heavy atom. The summed E-state index contributed by atoms with van der Waals surface area (Å²) in [6.07, 6.45) is 9.73. The van der Waals surface area contributed by atoms with Gasteiger partial charge in [0, 0.05) is 5.41 Å². The Labute approximate surface area is 237 Å². The Kier molecular flexibility index (Phi) is 7.21. The number of esters is 1. The fourth-order valence-corrected chi connectivity index (χ4v) is 12.3. The minimum absolute atomic E-state index is 0.0312. The van der Waals surface area contributed by atoms with E-state index in [1.807, 2.05) is 0 Å². The number of hydrogen-bond donors (Lipinski definition) is 3. The highest BCUT2D eigenvalue weighted by molar-refractivity contribution is 5.81. The van der Waals surface area contributed by atoms with E-state index in [1.54, 1.807) is 0 Å². The molecule has 0 aromatic carbocycles. The van der Waals surface area contributed by atoms with Crippen LogP contribution in [0.5, 0.6) is 0 Å². The van der Waals surface area contributed by atoms with Crippen molar-refractivity contribution in [2.45, 2.75) is 131 Å². The molecule has 5 fully saturated rings. The van der Waals surface area contributed by atoms with Gasteiger partial charge in [-0.15, -0.1) is 0 Å².